The number of anilines is 2. The number of oxazole rings is 2. The van der Waals surface area contributed by atoms with Crippen molar-refractivity contribution >= 4 is 71.7 Å². The fourth-order valence-electron chi connectivity index (χ4n) is 8.89. The van der Waals surface area contributed by atoms with E-state index in [4.69, 9.17) is 8.83 Å². The van der Waals surface area contributed by atoms with E-state index in [1.165, 1.54) is 18.2 Å². The maximum Gasteiger partial charge on any atom is 0.298 e. The Hall–Kier alpha value is -4.51. The van der Waals surface area contributed by atoms with Gasteiger partial charge in [-0.15, -0.1) is 0 Å². The molecular weight excluding hydrogens is 1020 g/mol. The summed E-state index contributed by atoms with van der Waals surface area (Å²) in [4.78, 5) is 22.7. The third-order valence-electron chi connectivity index (χ3n) is 12.9. The Labute approximate surface area is 431 Å². The predicted octanol–water partition coefficient (Wildman–Crippen LogP) is 14.9. The summed E-state index contributed by atoms with van der Waals surface area (Å²) >= 11 is 6.49. The molecule has 4 atom stereocenters. The van der Waals surface area contributed by atoms with Gasteiger partial charge in [0.05, 0.1) is 17.6 Å². The number of rotatable bonds is 7. The lowest BCUT2D eigenvalue weighted by atomic mass is 9.97. The van der Waals surface area contributed by atoms with Gasteiger partial charge in [-0.3, -0.25) is 0 Å². The summed E-state index contributed by atoms with van der Waals surface area (Å²) in [6.45, 7) is 32.8. The zero-order valence-corrected chi connectivity index (χ0v) is 47.5. The monoisotopic (exact) mass is 1100 g/mol. The van der Waals surface area contributed by atoms with Crippen molar-refractivity contribution in [3.05, 3.63) is 97.4 Å². The third-order valence-corrected chi connectivity index (χ3v) is 13.8. The average molecular weight is 1100 g/mol. The standard InChI is InChI=1S/C24H29FN6O.C16H21BrFN3O.C8H8BrF.3C2H6/c1-6-30-8-7-18(10-16(30)4)29(5)24-27-21-12-17(11-19(25)22(21)32-24)20-9-14(2)23-26-15(3)13-31(23)28-20;1-4-21-6-5-12(7-10(21)2)20(3)16-19-14-9-11(17)8-13(18)15(14)22-16;1-5-3-7(9)4-8(10)6(5)2;3*1-2/h9,11-13,16,18H,6-8,10H2,1-5H3;8-10,12H,4-7H2,1-3H3;3-4H,1-2H3;3*1-2H3. The van der Waals surface area contributed by atoms with E-state index >= 15 is 4.39 Å². The van der Waals surface area contributed by atoms with Crippen molar-refractivity contribution in [3.8, 4) is 11.3 Å². The minimum Gasteiger partial charge on any atom is -0.420 e. The molecule has 70 heavy (non-hydrogen) atoms. The minimum absolute atomic E-state index is 0.146. The van der Waals surface area contributed by atoms with E-state index in [-0.39, 0.29) is 22.8 Å². The Morgan fingerprint density at radius 1 is 0.629 bits per heavy atom. The van der Waals surface area contributed by atoms with Gasteiger partial charge in [0.15, 0.2) is 28.4 Å². The number of imidazole rings is 1. The largest absolute Gasteiger partial charge is 0.420 e. The first kappa shape index (κ1) is 58.1. The third kappa shape index (κ3) is 13.9. The van der Waals surface area contributed by atoms with E-state index in [0.717, 1.165) is 84.4 Å². The van der Waals surface area contributed by atoms with E-state index in [1.54, 1.807) is 17.5 Å². The summed E-state index contributed by atoms with van der Waals surface area (Å²) in [5.74, 6) is -0.960. The first-order valence-electron chi connectivity index (χ1n) is 25.0. The van der Waals surface area contributed by atoms with Crippen LogP contribution < -0.4 is 9.80 Å². The second kappa shape index (κ2) is 26.8. The molecule has 6 heterocycles. The molecule has 16 heteroatoms. The van der Waals surface area contributed by atoms with Gasteiger partial charge in [0, 0.05) is 65.9 Å². The SMILES string of the molecule is CC.CC.CC.CCN1CCC(N(C)c2nc3cc(-c4cc(C)c5nc(C)cn5n4)cc(F)c3o2)CC1C.CCN1CCC(N(C)c2nc3cc(Br)cc(F)c3o2)CC1C.Cc1cc(Br)cc(F)c1C. The molecule has 7 aromatic rings. The number of hydrogen-bond acceptors (Lipinski definition) is 10. The van der Waals surface area contributed by atoms with Gasteiger partial charge in [0.25, 0.3) is 12.0 Å². The summed E-state index contributed by atoms with van der Waals surface area (Å²) < 4.78 is 56.5. The van der Waals surface area contributed by atoms with Gasteiger partial charge >= 0.3 is 0 Å². The van der Waals surface area contributed by atoms with Crippen molar-refractivity contribution in [2.24, 2.45) is 0 Å². The van der Waals surface area contributed by atoms with Crippen molar-refractivity contribution in [3.63, 3.8) is 0 Å². The number of halogens is 5. The molecule has 3 aromatic carbocycles. The van der Waals surface area contributed by atoms with Crippen LogP contribution in [-0.4, -0.2) is 98.8 Å². The Bertz CT molecular complexity index is 2740. The Morgan fingerprint density at radius 3 is 1.59 bits per heavy atom. The molecule has 0 radical (unpaired) electrons. The molecular formula is C54H76Br2F3N9O2. The molecule has 4 unspecified atom stereocenters. The molecule has 4 aromatic heterocycles. The van der Waals surface area contributed by atoms with Gasteiger partial charge < -0.3 is 28.4 Å². The summed E-state index contributed by atoms with van der Waals surface area (Å²) in [5, 5.41) is 4.63. The minimum atomic E-state index is -0.430. The van der Waals surface area contributed by atoms with E-state index in [2.05, 4.69) is 99.2 Å². The first-order chi connectivity index (χ1) is 33.4. The van der Waals surface area contributed by atoms with Crippen LogP contribution in [-0.2, 0) is 0 Å². The van der Waals surface area contributed by atoms with Crippen LogP contribution >= 0.6 is 31.9 Å². The molecule has 0 spiro atoms. The number of piperidine rings is 2. The zero-order valence-electron chi connectivity index (χ0n) is 44.3. The summed E-state index contributed by atoms with van der Waals surface area (Å²) in [5.41, 5.74) is 7.19. The van der Waals surface area contributed by atoms with Gasteiger partial charge in [0.1, 0.15) is 16.9 Å². The Balaban J connectivity index is 0.000000242. The lowest BCUT2D eigenvalue weighted by Crippen LogP contribution is -2.48. The van der Waals surface area contributed by atoms with E-state index in [0.29, 0.717) is 63.0 Å². The molecule has 0 aliphatic carbocycles. The van der Waals surface area contributed by atoms with E-state index < -0.39 is 5.82 Å². The average Bonchev–Trinajstić information content (AvgIpc) is 4.10. The van der Waals surface area contributed by atoms with Crippen molar-refractivity contribution in [2.45, 2.75) is 147 Å². The van der Waals surface area contributed by atoms with Crippen molar-refractivity contribution < 1.29 is 22.0 Å². The highest BCUT2D eigenvalue weighted by Crippen LogP contribution is 2.33. The quantitative estimate of drug-likeness (QED) is 0.154. The smallest absolute Gasteiger partial charge is 0.298 e. The fraction of sp³-hybridized carbons (Fsp3) is 0.519. The molecule has 9 rings (SSSR count). The van der Waals surface area contributed by atoms with Crippen LogP contribution in [0.2, 0.25) is 0 Å². The van der Waals surface area contributed by atoms with E-state index in [9.17, 15) is 8.78 Å². The Kier molecular flexibility index (Phi) is 22.2. The molecule has 2 aliphatic rings. The highest BCUT2D eigenvalue weighted by molar-refractivity contribution is 9.10. The maximum atomic E-state index is 15.0. The van der Waals surface area contributed by atoms with Crippen molar-refractivity contribution in [1.29, 1.82) is 0 Å². The van der Waals surface area contributed by atoms with Crippen LogP contribution in [0.3, 0.4) is 0 Å². The molecule has 0 saturated carbocycles. The molecule has 2 aliphatic heterocycles. The molecule has 2 fully saturated rings. The number of fused-ring (bicyclic) bond motifs is 3. The van der Waals surface area contributed by atoms with Gasteiger partial charge in [0.2, 0.25) is 0 Å². The fourth-order valence-corrected chi connectivity index (χ4v) is 9.85. The second-order valence-electron chi connectivity index (χ2n) is 17.3. The molecule has 2 saturated heterocycles. The summed E-state index contributed by atoms with van der Waals surface area (Å²) in [7, 11) is 3.97. The van der Waals surface area contributed by atoms with Gasteiger partial charge in [-0.25, -0.2) is 22.7 Å². The number of benzene rings is 3. The van der Waals surface area contributed by atoms with Crippen LogP contribution in [0.4, 0.5) is 25.2 Å². The molecule has 384 valence electrons. The predicted molar refractivity (Wildman–Crippen MR) is 291 cm³/mol. The molecule has 0 N–H and O–H groups in total. The summed E-state index contributed by atoms with van der Waals surface area (Å²) in [6, 6.07) is 14.5. The van der Waals surface area contributed by atoms with Crippen molar-refractivity contribution in [2.75, 3.05) is 50.1 Å². The van der Waals surface area contributed by atoms with Gasteiger partial charge in [-0.1, -0.05) is 87.2 Å². The topological polar surface area (TPSA) is 95.2 Å². The number of nitrogens with zero attached hydrogens (tertiary/aromatic N) is 9. The number of aryl methyl sites for hydroxylation is 3. The van der Waals surface area contributed by atoms with Gasteiger partial charge in [-0.2, -0.15) is 15.1 Å². The van der Waals surface area contributed by atoms with Crippen LogP contribution in [0.25, 0.3) is 39.1 Å². The van der Waals surface area contributed by atoms with E-state index in [1.807, 2.05) is 101 Å². The number of aromatic nitrogens is 5. The number of likely N-dealkylation sites (tertiary alicyclic amines) is 2. The lowest BCUT2D eigenvalue weighted by Gasteiger charge is -2.40. The van der Waals surface area contributed by atoms with Crippen LogP contribution in [0.5, 0.6) is 0 Å². The van der Waals surface area contributed by atoms with Gasteiger partial charge in [-0.05, 0) is 139 Å². The highest BCUT2D eigenvalue weighted by Gasteiger charge is 2.31. The number of hydrogen-bond donors (Lipinski definition) is 0. The van der Waals surface area contributed by atoms with Crippen LogP contribution in [0.1, 0.15) is 117 Å². The zero-order chi connectivity index (χ0) is 52.1. The Morgan fingerprint density at radius 2 is 1.10 bits per heavy atom. The summed E-state index contributed by atoms with van der Waals surface area (Å²) in [6.07, 6.45) is 6.07. The van der Waals surface area contributed by atoms with Crippen LogP contribution in [0, 0.1) is 45.1 Å². The lowest BCUT2D eigenvalue weighted by molar-refractivity contribution is 0.152. The first-order valence-corrected chi connectivity index (χ1v) is 26.6. The molecule has 0 amide bonds. The van der Waals surface area contributed by atoms with Crippen LogP contribution in [0.15, 0.2) is 66.4 Å². The highest BCUT2D eigenvalue weighted by atomic mass is 79.9. The maximum absolute atomic E-state index is 15.0. The second-order valence-corrected chi connectivity index (χ2v) is 19.1. The molecule has 11 nitrogen and oxygen atoms in total. The molecule has 0 bridgehead atoms. The van der Waals surface area contributed by atoms with Crippen molar-refractivity contribution in [1.82, 2.24) is 34.4 Å². The normalized spacial score (nSPS) is 18.0.